The molecule has 0 saturated carbocycles. The zero-order valence-electron chi connectivity index (χ0n) is 18.1. The van der Waals surface area contributed by atoms with Crippen LogP contribution in [0.4, 0.5) is 5.69 Å². The third-order valence-electron chi connectivity index (χ3n) is 5.12. The average Bonchev–Trinajstić information content (AvgIpc) is 3.49. The molecule has 5 rings (SSSR count). The molecule has 0 radical (unpaired) electrons. The van der Waals surface area contributed by atoms with Gasteiger partial charge in [-0.3, -0.25) is 14.2 Å². The van der Waals surface area contributed by atoms with E-state index in [0.717, 1.165) is 4.57 Å². The summed E-state index contributed by atoms with van der Waals surface area (Å²) in [4.78, 5) is 44.2. The molecule has 0 atom stereocenters. The minimum atomic E-state index is -0.694. The summed E-state index contributed by atoms with van der Waals surface area (Å²) < 4.78 is 19.1. The molecule has 1 aliphatic heterocycles. The SMILES string of the molecule is COc1ccccc1-n1c(=O)c2sc(SC)nc2n(CC(=O)Nc2ccc3c(c2)OCO3)c1=O. The predicted molar refractivity (Wildman–Crippen MR) is 129 cm³/mol. The average molecular weight is 499 g/mol. The van der Waals surface area contributed by atoms with Crippen molar-refractivity contribution >= 4 is 45.0 Å². The van der Waals surface area contributed by atoms with Gasteiger partial charge in [0.1, 0.15) is 17.0 Å². The lowest BCUT2D eigenvalue weighted by molar-refractivity contribution is -0.116. The Labute approximate surface area is 200 Å². The van der Waals surface area contributed by atoms with Gasteiger partial charge in [-0.1, -0.05) is 23.9 Å². The van der Waals surface area contributed by atoms with Crippen molar-refractivity contribution in [2.45, 2.75) is 10.9 Å². The molecule has 2 aromatic carbocycles. The molecule has 0 unspecified atom stereocenters. The number of methoxy groups -OCH3 is 1. The number of carbonyl (C=O) groups is 1. The van der Waals surface area contributed by atoms with Gasteiger partial charge < -0.3 is 19.5 Å². The summed E-state index contributed by atoms with van der Waals surface area (Å²) >= 11 is 2.52. The third-order valence-corrected chi connectivity index (χ3v) is 7.14. The molecule has 34 heavy (non-hydrogen) atoms. The monoisotopic (exact) mass is 498 g/mol. The van der Waals surface area contributed by atoms with Crippen LogP contribution in [-0.2, 0) is 11.3 Å². The van der Waals surface area contributed by atoms with Crippen molar-refractivity contribution in [3.05, 3.63) is 63.3 Å². The Hall–Kier alpha value is -3.77. The lowest BCUT2D eigenvalue weighted by Gasteiger charge is -2.13. The number of nitrogens with one attached hydrogen (secondary N) is 1. The summed E-state index contributed by atoms with van der Waals surface area (Å²) in [6.07, 6.45) is 1.82. The number of hydrogen-bond donors (Lipinski definition) is 1. The van der Waals surface area contributed by atoms with Gasteiger partial charge in [-0.05, 0) is 30.5 Å². The fourth-order valence-corrected chi connectivity index (χ4v) is 5.08. The number of hydrogen-bond acceptors (Lipinski definition) is 9. The number of benzene rings is 2. The topological polar surface area (TPSA) is 114 Å². The normalized spacial score (nSPS) is 12.2. The van der Waals surface area contributed by atoms with Gasteiger partial charge in [0.05, 0.1) is 12.8 Å². The van der Waals surface area contributed by atoms with Crippen LogP contribution in [0.15, 0.2) is 56.4 Å². The van der Waals surface area contributed by atoms with E-state index in [9.17, 15) is 14.4 Å². The van der Waals surface area contributed by atoms with Gasteiger partial charge in [0.25, 0.3) is 5.56 Å². The molecule has 12 heteroatoms. The second-order valence-corrected chi connectivity index (χ2v) is 9.19. The molecule has 0 bridgehead atoms. The lowest BCUT2D eigenvalue weighted by atomic mass is 10.2. The Kier molecular flexibility index (Phi) is 5.75. The molecule has 2 aromatic heterocycles. The highest BCUT2D eigenvalue weighted by Gasteiger charge is 2.22. The number of rotatable bonds is 6. The second-order valence-electron chi connectivity index (χ2n) is 7.13. The number of thiazole rings is 1. The summed E-state index contributed by atoms with van der Waals surface area (Å²) in [6, 6.07) is 11.7. The molecule has 0 spiro atoms. The number of ether oxygens (including phenoxy) is 3. The van der Waals surface area contributed by atoms with E-state index in [1.54, 1.807) is 42.5 Å². The lowest BCUT2D eigenvalue weighted by Crippen LogP contribution is -2.40. The first-order valence-electron chi connectivity index (χ1n) is 10.0. The third kappa shape index (κ3) is 3.80. The number of anilines is 1. The van der Waals surface area contributed by atoms with Gasteiger partial charge in [0, 0.05) is 11.8 Å². The fraction of sp³-hybridized carbons (Fsp3) is 0.182. The van der Waals surface area contributed by atoms with Crippen molar-refractivity contribution in [2.75, 3.05) is 25.5 Å². The number of para-hydroxylation sites is 2. The molecule has 0 aliphatic carbocycles. The van der Waals surface area contributed by atoms with Crippen molar-refractivity contribution in [3.63, 3.8) is 0 Å². The maximum absolute atomic E-state index is 13.5. The predicted octanol–water partition coefficient (Wildman–Crippen LogP) is 2.71. The van der Waals surface area contributed by atoms with Crippen molar-refractivity contribution in [1.82, 2.24) is 14.1 Å². The Morgan fingerprint density at radius 3 is 2.79 bits per heavy atom. The van der Waals surface area contributed by atoms with Gasteiger partial charge in [-0.15, -0.1) is 11.3 Å². The van der Waals surface area contributed by atoms with E-state index in [2.05, 4.69) is 10.3 Å². The van der Waals surface area contributed by atoms with E-state index in [0.29, 0.717) is 27.3 Å². The van der Waals surface area contributed by atoms with Crippen LogP contribution < -0.4 is 30.8 Å². The molecule has 4 aromatic rings. The highest BCUT2D eigenvalue weighted by atomic mass is 32.2. The second kappa shape index (κ2) is 8.88. The van der Waals surface area contributed by atoms with Crippen molar-refractivity contribution in [1.29, 1.82) is 0 Å². The van der Waals surface area contributed by atoms with E-state index < -0.39 is 17.2 Å². The smallest absolute Gasteiger partial charge is 0.337 e. The maximum Gasteiger partial charge on any atom is 0.337 e. The Bertz CT molecular complexity index is 1540. The van der Waals surface area contributed by atoms with Gasteiger partial charge in [-0.25, -0.2) is 14.3 Å². The van der Waals surface area contributed by atoms with Gasteiger partial charge in [0.2, 0.25) is 12.7 Å². The first-order valence-corrected chi connectivity index (χ1v) is 12.1. The summed E-state index contributed by atoms with van der Waals surface area (Å²) in [6.45, 7) is -0.233. The minimum absolute atomic E-state index is 0.117. The molecular weight excluding hydrogens is 480 g/mol. The summed E-state index contributed by atoms with van der Waals surface area (Å²) in [5, 5.41) is 2.75. The minimum Gasteiger partial charge on any atom is -0.495 e. The summed E-state index contributed by atoms with van der Waals surface area (Å²) in [5.74, 6) is 0.997. The molecule has 174 valence electrons. The Morgan fingerprint density at radius 1 is 1.21 bits per heavy atom. The number of nitrogens with zero attached hydrogens (tertiary/aromatic N) is 3. The zero-order valence-corrected chi connectivity index (χ0v) is 19.7. The molecule has 3 heterocycles. The highest BCUT2D eigenvalue weighted by Crippen LogP contribution is 2.34. The molecule has 10 nitrogen and oxygen atoms in total. The van der Waals surface area contributed by atoms with Gasteiger partial charge in [0.15, 0.2) is 21.5 Å². The van der Waals surface area contributed by atoms with Crippen LogP contribution in [0.2, 0.25) is 0 Å². The molecule has 0 fully saturated rings. The number of fused-ring (bicyclic) bond motifs is 2. The fourth-order valence-electron chi connectivity index (χ4n) is 3.59. The zero-order chi connectivity index (χ0) is 23.8. The largest absolute Gasteiger partial charge is 0.495 e. The first-order chi connectivity index (χ1) is 16.5. The standard InChI is InChI=1S/C22H18N4O6S2/c1-30-14-6-4-3-5-13(14)26-20(28)18-19(24-21(33-2)34-18)25(22(26)29)10-17(27)23-12-7-8-15-16(9-12)32-11-31-15/h3-9H,10-11H2,1-2H3,(H,23,27). The van der Waals surface area contributed by atoms with Crippen LogP contribution in [0.3, 0.4) is 0 Å². The van der Waals surface area contributed by atoms with Crippen LogP contribution in [0.25, 0.3) is 16.0 Å². The molecular formula is C22H18N4O6S2. The van der Waals surface area contributed by atoms with Crippen LogP contribution in [0.1, 0.15) is 0 Å². The van der Waals surface area contributed by atoms with E-state index >= 15 is 0 Å². The summed E-state index contributed by atoms with van der Waals surface area (Å²) in [7, 11) is 1.46. The van der Waals surface area contributed by atoms with E-state index in [1.165, 1.54) is 34.8 Å². The first kappa shape index (κ1) is 22.0. The molecule has 1 aliphatic rings. The quantitative estimate of drug-likeness (QED) is 0.404. The van der Waals surface area contributed by atoms with Crippen molar-refractivity contribution in [3.8, 4) is 22.9 Å². The molecule has 0 saturated heterocycles. The van der Waals surface area contributed by atoms with E-state index in [4.69, 9.17) is 14.2 Å². The van der Waals surface area contributed by atoms with Crippen LogP contribution >= 0.6 is 23.1 Å². The Morgan fingerprint density at radius 2 is 2.00 bits per heavy atom. The van der Waals surface area contributed by atoms with Crippen LogP contribution in [0, 0.1) is 0 Å². The van der Waals surface area contributed by atoms with Crippen molar-refractivity contribution in [2.24, 2.45) is 0 Å². The number of thioether (sulfide) groups is 1. The number of aromatic nitrogens is 3. The maximum atomic E-state index is 13.5. The highest BCUT2D eigenvalue weighted by molar-refractivity contribution is 8.00. The van der Waals surface area contributed by atoms with Crippen molar-refractivity contribution < 1.29 is 19.0 Å². The number of amides is 1. The molecule has 1 amide bonds. The van der Waals surface area contributed by atoms with Crippen LogP contribution in [0.5, 0.6) is 17.2 Å². The van der Waals surface area contributed by atoms with E-state index in [-0.39, 0.29) is 29.4 Å². The van der Waals surface area contributed by atoms with E-state index in [1.807, 2.05) is 6.26 Å². The summed E-state index contributed by atoms with van der Waals surface area (Å²) in [5.41, 5.74) is -0.280. The number of carbonyl (C=O) groups excluding carboxylic acids is 1. The molecule has 1 N–H and O–H groups in total. The van der Waals surface area contributed by atoms with Crippen LogP contribution in [-0.4, -0.2) is 40.2 Å². The van der Waals surface area contributed by atoms with Gasteiger partial charge >= 0.3 is 5.69 Å². The van der Waals surface area contributed by atoms with Gasteiger partial charge in [-0.2, -0.15) is 0 Å². The Balaban J connectivity index is 1.60.